The zero-order valence-corrected chi connectivity index (χ0v) is 11.1. The van der Waals surface area contributed by atoms with Crippen LogP contribution >= 0.6 is 0 Å². The van der Waals surface area contributed by atoms with E-state index in [4.69, 9.17) is 9.47 Å². The van der Waals surface area contributed by atoms with E-state index in [1.807, 2.05) is 31.2 Å². The predicted molar refractivity (Wildman–Crippen MR) is 73.9 cm³/mol. The van der Waals surface area contributed by atoms with E-state index in [2.05, 4.69) is 0 Å². The SMILES string of the molecule is COc1ccc(C=O)cc1COc1ccccc1C. The third-order valence-corrected chi connectivity index (χ3v) is 2.92. The Morgan fingerprint density at radius 3 is 2.58 bits per heavy atom. The molecule has 0 saturated carbocycles. The molecule has 0 saturated heterocycles. The van der Waals surface area contributed by atoms with E-state index >= 15 is 0 Å². The molecule has 0 unspecified atom stereocenters. The quantitative estimate of drug-likeness (QED) is 0.769. The molecular weight excluding hydrogens is 240 g/mol. The van der Waals surface area contributed by atoms with Crippen LogP contribution in [0.3, 0.4) is 0 Å². The number of ether oxygens (including phenoxy) is 2. The molecule has 0 fully saturated rings. The second-order valence-corrected chi connectivity index (χ2v) is 4.24. The summed E-state index contributed by atoms with van der Waals surface area (Å²) in [6.45, 7) is 2.37. The Bertz CT molecular complexity index is 576. The Morgan fingerprint density at radius 1 is 1.11 bits per heavy atom. The van der Waals surface area contributed by atoms with Gasteiger partial charge in [0.25, 0.3) is 0 Å². The molecule has 2 rings (SSSR count). The van der Waals surface area contributed by atoms with E-state index in [0.717, 1.165) is 28.9 Å². The molecule has 0 amide bonds. The first-order chi connectivity index (χ1) is 9.24. The van der Waals surface area contributed by atoms with E-state index < -0.39 is 0 Å². The van der Waals surface area contributed by atoms with E-state index in [1.54, 1.807) is 25.3 Å². The molecule has 0 spiro atoms. The summed E-state index contributed by atoms with van der Waals surface area (Å²) in [4.78, 5) is 10.8. The fraction of sp³-hybridized carbons (Fsp3) is 0.188. The molecular formula is C16H16O3. The average molecular weight is 256 g/mol. The topological polar surface area (TPSA) is 35.5 Å². The summed E-state index contributed by atoms with van der Waals surface area (Å²) in [6.07, 6.45) is 0.816. The zero-order chi connectivity index (χ0) is 13.7. The molecule has 0 N–H and O–H groups in total. The van der Waals surface area contributed by atoms with Crippen molar-refractivity contribution in [2.45, 2.75) is 13.5 Å². The number of aldehydes is 1. The predicted octanol–water partition coefficient (Wildman–Crippen LogP) is 3.40. The molecule has 0 aliphatic rings. The van der Waals surface area contributed by atoms with Gasteiger partial charge in [-0.15, -0.1) is 0 Å². The number of rotatable bonds is 5. The maximum Gasteiger partial charge on any atom is 0.150 e. The monoisotopic (exact) mass is 256 g/mol. The minimum Gasteiger partial charge on any atom is -0.496 e. The van der Waals surface area contributed by atoms with Crippen molar-refractivity contribution >= 4 is 6.29 Å². The third kappa shape index (κ3) is 3.13. The zero-order valence-electron chi connectivity index (χ0n) is 11.1. The molecule has 0 aliphatic heterocycles. The van der Waals surface area contributed by atoms with Crippen molar-refractivity contribution < 1.29 is 14.3 Å². The van der Waals surface area contributed by atoms with Gasteiger partial charge < -0.3 is 9.47 Å². The molecule has 3 heteroatoms. The van der Waals surface area contributed by atoms with Crippen molar-refractivity contribution in [3.63, 3.8) is 0 Å². The Morgan fingerprint density at radius 2 is 1.89 bits per heavy atom. The Balaban J connectivity index is 2.19. The molecule has 0 heterocycles. The van der Waals surface area contributed by atoms with Crippen LogP contribution in [0.4, 0.5) is 0 Å². The van der Waals surface area contributed by atoms with Gasteiger partial charge in [-0.2, -0.15) is 0 Å². The fourth-order valence-electron chi connectivity index (χ4n) is 1.86. The number of hydrogen-bond acceptors (Lipinski definition) is 3. The summed E-state index contributed by atoms with van der Waals surface area (Å²) in [5.74, 6) is 1.56. The lowest BCUT2D eigenvalue weighted by molar-refractivity contribution is 0.112. The van der Waals surface area contributed by atoms with Crippen LogP contribution in [0.2, 0.25) is 0 Å². The van der Waals surface area contributed by atoms with Gasteiger partial charge in [-0.05, 0) is 36.8 Å². The van der Waals surface area contributed by atoms with Crippen LogP contribution < -0.4 is 9.47 Å². The second-order valence-electron chi connectivity index (χ2n) is 4.24. The van der Waals surface area contributed by atoms with Crippen LogP contribution in [0.15, 0.2) is 42.5 Å². The second kappa shape index (κ2) is 6.05. The molecule has 0 aromatic heterocycles. The maximum atomic E-state index is 10.8. The Kier molecular flexibility index (Phi) is 4.18. The highest BCUT2D eigenvalue weighted by atomic mass is 16.5. The fourth-order valence-corrected chi connectivity index (χ4v) is 1.86. The first-order valence-corrected chi connectivity index (χ1v) is 6.05. The number of aryl methyl sites for hydroxylation is 1. The van der Waals surface area contributed by atoms with Crippen LogP contribution in [-0.2, 0) is 6.61 Å². The number of benzene rings is 2. The van der Waals surface area contributed by atoms with Crippen LogP contribution in [0.1, 0.15) is 21.5 Å². The molecule has 98 valence electrons. The molecule has 19 heavy (non-hydrogen) atoms. The first kappa shape index (κ1) is 13.1. The molecule has 0 aliphatic carbocycles. The van der Waals surface area contributed by atoms with Gasteiger partial charge in [-0.3, -0.25) is 4.79 Å². The lowest BCUT2D eigenvalue weighted by Crippen LogP contribution is -2.00. The highest BCUT2D eigenvalue weighted by Crippen LogP contribution is 2.23. The van der Waals surface area contributed by atoms with Crippen molar-refractivity contribution in [1.82, 2.24) is 0 Å². The van der Waals surface area contributed by atoms with Crippen molar-refractivity contribution in [3.05, 3.63) is 59.2 Å². The van der Waals surface area contributed by atoms with Crippen molar-refractivity contribution in [3.8, 4) is 11.5 Å². The molecule has 2 aromatic rings. The molecule has 3 nitrogen and oxygen atoms in total. The van der Waals surface area contributed by atoms with E-state index in [-0.39, 0.29) is 0 Å². The highest BCUT2D eigenvalue weighted by molar-refractivity contribution is 5.75. The minimum absolute atomic E-state index is 0.371. The number of hydrogen-bond donors (Lipinski definition) is 0. The van der Waals surface area contributed by atoms with Gasteiger partial charge in [0.15, 0.2) is 0 Å². The van der Waals surface area contributed by atoms with Crippen LogP contribution in [0.5, 0.6) is 11.5 Å². The number of carbonyl (C=O) groups excluding carboxylic acids is 1. The normalized spacial score (nSPS) is 10.0. The van der Waals surface area contributed by atoms with Gasteiger partial charge in [0.1, 0.15) is 24.4 Å². The van der Waals surface area contributed by atoms with Crippen molar-refractivity contribution in [2.75, 3.05) is 7.11 Å². The maximum absolute atomic E-state index is 10.8. The summed E-state index contributed by atoms with van der Waals surface area (Å²) in [6, 6.07) is 13.1. The van der Waals surface area contributed by atoms with Gasteiger partial charge in [0.2, 0.25) is 0 Å². The van der Waals surface area contributed by atoms with Crippen LogP contribution in [0.25, 0.3) is 0 Å². The minimum atomic E-state index is 0.371. The van der Waals surface area contributed by atoms with Crippen molar-refractivity contribution in [2.24, 2.45) is 0 Å². The Labute approximate surface area is 112 Å². The highest BCUT2D eigenvalue weighted by Gasteiger charge is 2.06. The van der Waals surface area contributed by atoms with Gasteiger partial charge in [-0.25, -0.2) is 0 Å². The van der Waals surface area contributed by atoms with Crippen LogP contribution in [-0.4, -0.2) is 13.4 Å². The van der Waals surface area contributed by atoms with Gasteiger partial charge >= 0.3 is 0 Å². The summed E-state index contributed by atoms with van der Waals surface area (Å²) in [7, 11) is 1.60. The standard InChI is InChI=1S/C16H16O3/c1-12-5-3-4-6-15(12)19-11-14-9-13(10-17)7-8-16(14)18-2/h3-10H,11H2,1-2H3. The molecule has 2 aromatic carbocycles. The van der Waals surface area contributed by atoms with E-state index in [0.29, 0.717) is 12.2 Å². The summed E-state index contributed by atoms with van der Waals surface area (Å²) in [5.41, 5.74) is 2.55. The van der Waals surface area contributed by atoms with E-state index in [9.17, 15) is 4.79 Å². The third-order valence-electron chi connectivity index (χ3n) is 2.92. The largest absolute Gasteiger partial charge is 0.496 e. The lowest BCUT2D eigenvalue weighted by Gasteiger charge is -2.12. The summed E-state index contributed by atoms with van der Waals surface area (Å²) < 4.78 is 11.0. The van der Waals surface area contributed by atoms with Crippen molar-refractivity contribution in [1.29, 1.82) is 0 Å². The summed E-state index contributed by atoms with van der Waals surface area (Å²) >= 11 is 0. The molecule has 0 bridgehead atoms. The van der Waals surface area contributed by atoms with Crippen LogP contribution in [0, 0.1) is 6.92 Å². The average Bonchev–Trinajstić information content (AvgIpc) is 2.46. The number of methoxy groups -OCH3 is 1. The Hall–Kier alpha value is -2.29. The lowest BCUT2D eigenvalue weighted by atomic mass is 10.1. The van der Waals surface area contributed by atoms with Gasteiger partial charge in [-0.1, -0.05) is 18.2 Å². The smallest absolute Gasteiger partial charge is 0.150 e. The van der Waals surface area contributed by atoms with Gasteiger partial charge in [0.05, 0.1) is 7.11 Å². The first-order valence-electron chi connectivity index (χ1n) is 6.05. The summed E-state index contributed by atoms with van der Waals surface area (Å²) in [5, 5.41) is 0. The number of para-hydroxylation sites is 1. The van der Waals surface area contributed by atoms with E-state index in [1.165, 1.54) is 0 Å². The van der Waals surface area contributed by atoms with Gasteiger partial charge in [0, 0.05) is 11.1 Å². The molecule has 0 radical (unpaired) electrons. The number of carbonyl (C=O) groups is 1. The molecule has 0 atom stereocenters.